The number of nitrogens with zero attached hydrogens (tertiary/aromatic N) is 4. The van der Waals surface area contributed by atoms with Crippen molar-refractivity contribution in [3.63, 3.8) is 0 Å². The average Bonchev–Trinajstić information content (AvgIpc) is 3.01. The lowest BCUT2D eigenvalue weighted by molar-refractivity contribution is 0.0949. The van der Waals surface area contributed by atoms with Gasteiger partial charge in [0.1, 0.15) is 5.82 Å². The van der Waals surface area contributed by atoms with E-state index in [0.29, 0.717) is 23.3 Å². The lowest BCUT2D eigenvalue weighted by Gasteiger charge is -2.22. The monoisotopic (exact) mass is 317 g/mol. The first-order chi connectivity index (χ1) is 10.9. The minimum atomic E-state index is -0.216. The summed E-state index contributed by atoms with van der Waals surface area (Å²) in [5.74, 6) is 1.81. The van der Waals surface area contributed by atoms with Gasteiger partial charge in [0.15, 0.2) is 5.82 Å². The van der Waals surface area contributed by atoms with Crippen molar-refractivity contribution in [2.45, 2.75) is 46.2 Å². The molecular formula is C16H23N5O2. The second kappa shape index (κ2) is 7.21. The number of amides is 1. The number of aromatic nitrogens is 3. The minimum absolute atomic E-state index is 0.168. The number of hydrogen-bond acceptors (Lipinski definition) is 6. The van der Waals surface area contributed by atoms with Crippen LogP contribution in [0.15, 0.2) is 22.9 Å². The Hall–Kier alpha value is -2.44. The third kappa shape index (κ3) is 4.28. The van der Waals surface area contributed by atoms with Gasteiger partial charge in [0, 0.05) is 25.2 Å². The largest absolute Gasteiger partial charge is 0.357 e. The number of nitrogens with one attached hydrogen (secondary N) is 1. The number of carbonyl (C=O) groups excluding carboxylic acids is 1. The lowest BCUT2D eigenvalue weighted by Crippen LogP contribution is -2.27. The van der Waals surface area contributed by atoms with Crippen LogP contribution in [0.5, 0.6) is 0 Å². The first-order valence-corrected chi connectivity index (χ1v) is 7.68. The molecule has 0 radical (unpaired) electrons. The molecule has 0 saturated heterocycles. The predicted octanol–water partition coefficient (Wildman–Crippen LogP) is 2.36. The van der Waals surface area contributed by atoms with Crippen molar-refractivity contribution in [2.75, 3.05) is 11.9 Å². The van der Waals surface area contributed by atoms with Gasteiger partial charge in [0.05, 0.1) is 12.1 Å². The topological polar surface area (TPSA) is 84.2 Å². The molecule has 0 fully saturated rings. The summed E-state index contributed by atoms with van der Waals surface area (Å²) in [5.41, 5.74) is 0.499. The van der Waals surface area contributed by atoms with Crippen molar-refractivity contribution in [3.05, 3.63) is 35.6 Å². The Morgan fingerprint density at radius 1 is 1.30 bits per heavy atom. The highest BCUT2D eigenvalue weighted by atomic mass is 16.5. The Kier molecular flexibility index (Phi) is 5.31. The smallest absolute Gasteiger partial charge is 0.253 e. The Bertz CT molecular complexity index is 649. The van der Waals surface area contributed by atoms with Crippen LogP contribution in [0.1, 0.15) is 55.7 Å². The van der Waals surface area contributed by atoms with Crippen LogP contribution in [0.4, 0.5) is 5.82 Å². The summed E-state index contributed by atoms with van der Waals surface area (Å²) < 4.78 is 5.10. The van der Waals surface area contributed by atoms with Gasteiger partial charge in [-0.15, -0.1) is 0 Å². The van der Waals surface area contributed by atoms with Gasteiger partial charge in [-0.2, -0.15) is 4.98 Å². The molecular weight excluding hydrogens is 294 g/mol. The molecule has 0 aliphatic carbocycles. The zero-order chi connectivity index (χ0) is 17.0. The van der Waals surface area contributed by atoms with Crippen molar-refractivity contribution in [1.29, 1.82) is 0 Å². The highest BCUT2D eigenvalue weighted by molar-refractivity contribution is 5.93. The van der Waals surface area contributed by atoms with Crippen LogP contribution in [-0.4, -0.2) is 34.1 Å². The summed E-state index contributed by atoms with van der Waals surface area (Å²) in [7, 11) is 1.97. The molecule has 124 valence electrons. The summed E-state index contributed by atoms with van der Waals surface area (Å²) >= 11 is 0. The van der Waals surface area contributed by atoms with Gasteiger partial charge in [-0.05, 0) is 26.0 Å². The molecule has 0 atom stereocenters. The summed E-state index contributed by atoms with van der Waals surface area (Å²) in [6.07, 6.45) is 1.57. The summed E-state index contributed by atoms with van der Waals surface area (Å²) in [6, 6.07) is 3.93. The average molecular weight is 317 g/mol. The number of rotatable bonds is 6. The molecule has 2 aromatic rings. The van der Waals surface area contributed by atoms with Gasteiger partial charge >= 0.3 is 0 Å². The third-order valence-electron chi connectivity index (χ3n) is 3.53. The summed E-state index contributed by atoms with van der Waals surface area (Å²) in [4.78, 5) is 22.7. The van der Waals surface area contributed by atoms with Gasteiger partial charge in [-0.25, -0.2) is 4.98 Å². The molecule has 1 N–H and O–H groups in total. The van der Waals surface area contributed by atoms with E-state index in [2.05, 4.69) is 34.3 Å². The number of pyridine rings is 1. The van der Waals surface area contributed by atoms with Gasteiger partial charge in [-0.1, -0.05) is 19.0 Å². The molecule has 7 nitrogen and oxygen atoms in total. The van der Waals surface area contributed by atoms with Crippen molar-refractivity contribution in [2.24, 2.45) is 0 Å². The first-order valence-electron chi connectivity index (χ1n) is 7.68. The number of carbonyl (C=O) groups is 1. The molecule has 2 heterocycles. The van der Waals surface area contributed by atoms with Gasteiger partial charge in [-0.3, -0.25) is 4.79 Å². The number of anilines is 1. The van der Waals surface area contributed by atoms with Gasteiger partial charge in [0.25, 0.3) is 5.91 Å². The van der Waals surface area contributed by atoms with E-state index >= 15 is 0 Å². The fourth-order valence-electron chi connectivity index (χ4n) is 1.83. The van der Waals surface area contributed by atoms with E-state index in [0.717, 1.165) is 5.82 Å². The SMILES string of the molecule is CC(C)c1nc(CNC(=O)c2ccc(N(C)C(C)C)nc2)no1. The van der Waals surface area contributed by atoms with E-state index in [1.54, 1.807) is 12.3 Å². The van der Waals surface area contributed by atoms with Gasteiger partial charge < -0.3 is 14.7 Å². The zero-order valence-electron chi connectivity index (χ0n) is 14.2. The van der Waals surface area contributed by atoms with Crippen LogP contribution in [0.2, 0.25) is 0 Å². The van der Waals surface area contributed by atoms with Crippen LogP contribution >= 0.6 is 0 Å². The highest BCUT2D eigenvalue weighted by Gasteiger charge is 2.12. The van der Waals surface area contributed by atoms with E-state index in [4.69, 9.17) is 4.52 Å². The van der Waals surface area contributed by atoms with Crippen molar-refractivity contribution < 1.29 is 9.32 Å². The Labute approximate surface area is 136 Å². The second-order valence-corrected chi connectivity index (χ2v) is 6.00. The molecule has 0 aromatic carbocycles. The molecule has 0 spiro atoms. The highest BCUT2D eigenvalue weighted by Crippen LogP contribution is 2.13. The maximum Gasteiger partial charge on any atom is 0.253 e. The fourth-order valence-corrected chi connectivity index (χ4v) is 1.83. The minimum Gasteiger partial charge on any atom is -0.357 e. The first kappa shape index (κ1) is 16.9. The van der Waals surface area contributed by atoms with E-state index in [1.807, 2.05) is 31.9 Å². The second-order valence-electron chi connectivity index (χ2n) is 6.00. The molecule has 7 heteroatoms. The van der Waals surface area contributed by atoms with Crippen molar-refractivity contribution in [1.82, 2.24) is 20.4 Å². The van der Waals surface area contributed by atoms with E-state index < -0.39 is 0 Å². The molecule has 2 rings (SSSR count). The molecule has 0 aliphatic heterocycles. The molecule has 0 unspecified atom stereocenters. The maximum absolute atomic E-state index is 12.1. The molecule has 23 heavy (non-hydrogen) atoms. The Morgan fingerprint density at radius 3 is 2.57 bits per heavy atom. The standard InChI is InChI=1S/C16H23N5O2/c1-10(2)16-19-13(20-23-16)9-18-15(22)12-6-7-14(17-8-12)21(5)11(3)4/h6-8,10-11H,9H2,1-5H3,(H,18,22). The molecule has 2 aromatic heterocycles. The van der Waals surface area contributed by atoms with Crippen molar-refractivity contribution >= 4 is 11.7 Å². The van der Waals surface area contributed by atoms with Crippen LogP contribution in [-0.2, 0) is 6.54 Å². The van der Waals surface area contributed by atoms with Crippen LogP contribution in [0.3, 0.4) is 0 Å². The molecule has 0 bridgehead atoms. The fraction of sp³-hybridized carbons (Fsp3) is 0.500. The summed E-state index contributed by atoms with van der Waals surface area (Å²) in [6.45, 7) is 8.33. The van der Waals surface area contributed by atoms with E-state index in [-0.39, 0.29) is 18.4 Å². The Balaban J connectivity index is 1.95. The quantitative estimate of drug-likeness (QED) is 0.880. The third-order valence-corrected chi connectivity index (χ3v) is 3.53. The molecule has 0 aliphatic rings. The van der Waals surface area contributed by atoms with Crippen LogP contribution < -0.4 is 10.2 Å². The van der Waals surface area contributed by atoms with Gasteiger partial charge in [0.2, 0.25) is 5.89 Å². The Morgan fingerprint density at radius 2 is 2.04 bits per heavy atom. The zero-order valence-corrected chi connectivity index (χ0v) is 14.2. The van der Waals surface area contributed by atoms with Crippen LogP contribution in [0, 0.1) is 0 Å². The molecule has 1 amide bonds. The van der Waals surface area contributed by atoms with E-state index in [9.17, 15) is 4.79 Å². The molecule has 0 saturated carbocycles. The van der Waals surface area contributed by atoms with Crippen LogP contribution in [0.25, 0.3) is 0 Å². The predicted molar refractivity (Wildman–Crippen MR) is 87.3 cm³/mol. The van der Waals surface area contributed by atoms with E-state index in [1.165, 1.54) is 0 Å². The van der Waals surface area contributed by atoms with Crippen molar-refractivity contribution in [3.8, 4) is 0 Å². The maximum atomic E-state index is 12.1. The normalized spacial score (nSPS) is 11.1. The number of hydrogen-bond donors (Lipinski definition) is 1. The lowest BCUT2D eigenvalue weighted by atomic mass is 10.2. The summed E-state index contributed by atoms with van der Waals surface area (Å²) in [5, 5.41) is 6.60.